The zero-order valence-corrected chi connectivity index (χ0v) is 15.5. The zero-order chi connectivity index (χ0) is 19.7. The van der Waals surface area contributed by atoms with Crippen LogP contribution in [0, 0.1) is 5.92 Å². The molecule has 6 nitrogen and oxygen atoms in total. The van der Waals surface area contributed by atoms with Gasteiger partial charge in [0.1, 0.15) is 0 Å². The van der Waals surface area contributed by atoms with E-state index in [-0.39, 0.29) is 24.3 Å². The molecule has 2 atom stereocenters. The Kier molecular flexibility index (Phi) is 4.86. The van der Waals surface area contributed by atoms with E-state index in [1.165, 1.54) is 0 Å². The lowest BCUT2D eigenvalue weighted by Crippen LogP contribution is -2.30. The van der Waals surface area contributed by atoms with Crippen molar-refractivity contribution in [1.82, 2.24) is 4.90 Å². The summed E-state index contributed by atoms with van der Waals surface area (Å²) < 4.78 is 0. The molecule has 0 aliphatic carbocycles. The van der Waals surface area contributed by atoms with Crippen LogP contribution in [0.15, 0.2) is 54.6 Å². The van der Waals surface area contributed by atoms with Gasteiger partial charge in [0.2, 0.25) is 5.91 Å². The van der Waals surface area contributed by atoms with Gasteiger partial charge in [-0.15, -0.1) is 0 Å². The molecule has 144 valence electrons. The highest BCUT2D eigenvalue weighted by Crippen LogP contribution is 2.34. The van der Waals surface area contributed by atoms with Crippen LogP contribution >= 0.6 is 0 Å². The minimum absolute atomic E-state index is 0.105. The highest BCUT2D eigenvalue weighted by atomic mass is 16.4. The van der Waals surface area contributed by atoms with E-state index >= 15 is 0 Å². The lowest BCUT2D eigenvalue weighted by atomic mass is 9.89. The Morgan fingerprint density at radius 1 is 0.964 bits per heavy atom. The molecule has 2 heterocycles. The fourth-order valence-corrected chi connectivity index (χ4v) is 4.15. The topological polar surface area (TPSA) is 77.9 Å². The number of carboxylic acid groups (broad SMARTS) is 1. The van der Waals surface area contributed by atoms with Gasteiger partial charge >= 0.3 is 5.97 Å². The van der Waals surface area contributed by atoms with Crippen molar-refractivity contribution in [2.45, 2.75) is 18.8 Å². The number of amides is 2. The molecule has 2 aromatic rings. The zero-order valence-electron chi connectivity index (χ0n) is 15.5. The molecule has 2 aromatic carbocycles. The highest BCUT2D eigenvalue weighted by Gasteiger charge is 2.40. The van der Waals surface area contributed by atoms with E-state index in [4.69, 9.17) is 0 Å². The third-order valence-electron chi connectivity index (χ3n) is 5.65. The number of benzene rings is 2. The van der Waals surface area contributed by atoms with Crippen LogP contribution in [-0.2, 0) is 9.59 Å². The average molecular weight is 378 g/mol. The maximum atomic E-state index is 12.9. The molecule has 2 saturated heterocycles. The summed E-state index contributed by atoms with van der Waals surface area (Å²) in [5.74, 6) is -1.79. The normalized spacial score (nSPS) is 21.9. The minimum Gasteiger partial charge on any atom is -0.481 e. The van der Waals surface area contributed by atoms with E-state index in [9.17, 15) is 19.5 Å². The molecule has 6 heteroatoms. The van der Waals surface area contributed by atoms with Crippen molar-refractivity contribution in [3.8, 4) is 0 Å². The maximum Gasteiger partial charge on any atom is 0.308 e. The quantitative estimate of drug-likeness (QED) is 0.887. The van der Waals surface area contributed by atoms with E-state index < -0.39 is 11.9 Å². The van der Waals surface area contributed by atoms with Crippen molar-refractivity contribution in [2.24, 2.45) is 5.92 Å². The van der Waals surface area contributed by atoms with Crippen molar-refractivity contribution in [2.75, 3.05) is 24.5 Å². The molecule has 0 saturated carbocycles. The monoisotopic (exact) mass is 378 g/mol. The first-order chi connectivity index (χ1) is 13.5. The van der Waals surface area contributed by atoms with Crippen LogP contribution < -0.4 is 4.90 Å². The molecule has 2 aliphatic heterocycles. The van der Waals surface area contributed by atoms with Gasteiger partial charge in [-0.3, -0.25) is 14.4 Å². The van der Waals surface area contributed by atoms with Crippen LogP contribution in [0.2, 0.25) is 0 Å². The van der Waals surface area contributed by atoms with Crippen molar-refractivity contribution < 1.29 is 19.5 Å². The maximum absolute atomic E-state index is 12.9. The molecule has 28 heavy (non-hydrogen) atoms. The van der Waals surface area contributed by atoms with Gasteiger partial charge in [0, 0.05) is 43.2 Å². The van der Waals surface area contributed by atoms with Crippen LogP contribution in [0.3, 0.4) is 0 Å². The summed E-state index contributed by atoms with van der Waals surface area (Å²) in [7, 11) is 0. The lowest BCUT2D eigenvalue weighted by Gasteiger charge is -2.18. The Morgan fingerprint density at radius 2 is 1.68 bits per heavy atom. The first-order valence-electron chi connectivity index (χ1n) is 9.52. The number of hydrogen-bond acceptors (Lipinski definition) is 3. The molecule has 0 spiro atoms. The summed E-state index contributed by atoms with van der Waals surface area (Å²) in [4.78, 5) is 39.9. The SMILES string of the molecule is O=C(O)[C@@H]1CN(C(=O)c2ccc(N3CCCC3=O)cc2)C[C@H]1c1ccccc1. The minimum atomic E-state index is -0.882. The van der Waals surface area contributed by atoms with Crippen molar-refractivity contribution in [1.29, 1.82) is 0 Å². The Hall–Kier alpha value is -3.15. The number of anilines is 1. The van der Waals surface area contributed by atoms with Crippen molar-refractivity contribution in [3.05, 3.63) is 65.7 Å². The predicted molar refractivity (Wildman–Crippen MR) is 104 cm³/mol. The smallest absolute Gasteiger partial charge is 0.308 e. The van der Waals surface area contributed by atoms with E-state index in [0.717, 1.165) is 17.7 Å². The van der Waals surface area contributed by atoms with Gasteiger partial charge in [0.05, 0.1) is 5.92 Å². The number of carbonyl (C=O) groups is 3. The molecule has 0 radical (unpaired) electrons. The highest BCUT2D eigenvalue weighted by molar-refractivity contribution is 5.98. The number of rotatable bonds is 4. The summed E-state index contributed by atoms with van der Waals surface area (Å²) in [6.07, 6.45) is 1.41. The predicted octanol–water partition coefficient (Wildman–Crippen LogP) is 2.75. The Labute approximate surface area is 163 Å². The largest absolute Gasteiger partial charge is 0.481 e. The number of nitrogens with zero attached hydrogens (tertiary/aromatic N) is 2. The number of aliphatic carboxylic acids is 1. The molecule has 0 aromatic heterocycles. The Balaban J connectivity index is 1.51. The van der Waals surface area contributed by atoms with E-state index in [1.54, 1.807) is 34.1 Å². The van der Waals surface area contributed by atoms with E-state index in [1.807, 2.05) is 30.3 Å². The fraction of sp³-hybridized carbons (Fsp3) is 0.318. The molecule has 4 rings (SSSR count). The molecule has 2 aliphatic rings. The summed E-state index contributed by atoms with van der Waals surface area (Å²) in [5, 5.41) is 9.62. The standard InChI is InChI=1S/C22H22N2O4/c25-20-7-4-12-24(20)17-10-8-16(9-11-17)21(26)23-13-18(19(14-23)22(27)28)15-5-2-1-3-6-15/h1-3,5-6,8-11,18-19H,4,7,12-14H2,(H,27,28)/t18-,19+/m0/s1. The summed E-state index contributed by atoms with van der Waals surface area (Å²) in [5.41, 5.74) is 2.24. The Morgan fingerprint density at radius 3 is 2.29 bits per heavy atom. The molecule has 2 amide bonds. The van der Waals surface area contributed by atoms with Crippen LogP contribution in [0.1, 0.15) is 34.7 Å². The first kappa shape index (κ1) is 18.2. The van der Waals surface area contributed by atoms with Gasteiger partial charge in [0.25, 0.3) is 5.91 Å². The molecular formula is C22H22N2O4. The average Bonchev–Trinajstić information content (AvgIpc) is 3.35. The molecule has 0 bridgehead atoms. The third-order valence-corrected chi connectivity index (χ3v) is 5.65. The van der Waals surface area contributed by atoms with Gasteiger partial charge in [0.15, 0.2) is 0 Å². The van der Waals surface area contributed by atoms with Crippen LogP contribution in [0.4, 0.5) is 5.69 Å². The molecule has 0 unspecified atom stereocenters. The first-order valence-corrected chi connectivity index (χ1v) is 9.52. The Bertz CT molecular complexity index is 895. The number of hydrogen-bond donors (Lipinski definition) is 1. The molecule has 1 N–H and O–H groups in total. The number of carbonyl (C=O) groups excluding carboxylic acids is 2. The van der Waals surface area contributed by atoms with Crippen LogP contribution in [0.25, 0.3) is 0 Å². The van der Waals surface area contributed by atoms with Gasteiger partial charge in [-0.05, 0) is 36.2 Å². The number of carboxylic acids is 1. The molecular weight excluding hydrogens is 356 g/mol. The fourth-order valence-electron chi connectivity index (χ4n) is 4.15. The number of likely N-dealkylation sites (tertiary alicyclic amines) is 1. The third kappa shape index (κ3) is 3.38. The second-order valence-electron chi connectivity index (χ2n) is 7.37. The van der Waals surface area contributed by atoms with E-state index in [2.05, 4.69) is 0 Å². The van der Waals surface area contributed by atoms with Gasteiger partial charge in [-0.1, -0.05) is 30.3 Å². The van der Waals surface area contributed by atoms with Gasteiger partial charge < -0.3 is 14.9 Å². The van der Waals surface area contributed by atoms with Gasteiger partial charge in [-0.2, -0.15) is 0 Å². The van der Waals surface area contributed by atoms with E-state index in [0.29, 0.717) is 25.1 Å². The van der Waals surface area contributed by atoms with Gasteiger partial charge in [-0.25, -0.2) is 0 Å². The molecule has 2 fully saturated rings. The van der Waals surface area contributed by atoms with Crippen molar-refractivity contribution in [3.63, 3.8) is 0 Å². The lowest BCUT2D eigenvalue weighted by molar-refractivity contribution is -0.141. The van der Waals surface area contributed by atoms with Crippen LogP contribution in [0.5, 0.6) is 0 Å². The summed E-state index contributed by atoms with van der Waals surface area (Å²) in [6, 6.07) is 16.5. The van der Waals surface area contributed by atoms with Crippen molar-refractivity contribution >= 4 is 23.5 Å². The van der Waals surface area contributed by atoms with Crippen LogP contribution in [-0.4, -0.2) is 47.4 Å². The second kappa shape index (κ2) is 7.46. The second-order valence-corrected chi connectivity index (χ2v) is 7.37. The summed E-state index contributed by atoms with van der Waals surface area (Å²) >= 11 is 0. The summed E-state index contributed by atoms with van der Waals surface area (Å²) in [6.45, 7) is 1.28.